The Balaban J connectivity index is 0.000000124. The van der Waals surface area contributed by atoms with Gasteiger partial charge in [-0.2, -0.15) is 0 Å². The molecule has 0 fully saturated rings. The minimum atomic E-state index is -2.62. The van der Waals surface area contributed by atoms with Gasteiger partial charge >= 0.3 is 0 Å². The number of aryl methyl sites for hydroxylation is 2. The highest BCUT2D eigenvalue weighted by molar-refractivity contribution is 7.00. The van der Waals surface area contributed by atoms with Gasteiger partial charge in [-0.15, -0.1) is 0 Å². The highest BCUT2D eigenvalue weighted by Crippen LogP contribution is 2.46. The molecule has 24 rings (SSSR count). The topological polar surface area (TPSA) is 73.8 Å². The Kier molecular flexibility index (Phi) is 11.5. The Morgan fingerprint density at radius 2 is 0.593 bits per heavy atom. The van der Waals surface area contributed by atoms with Gasteiger partial charge in [0.15, 0.2) is 0 Å². The largest absolute Gasteiger partial charge is 0.458 e. The average molecular weight is 1630 g/mol. The maximum Gasteiger partial charge on any atom is 0.260 e. The van der Waals surface area contributed by atoms with E-state index in [1.54, 1.807) is 12.1 Å². The molecule has 0 unspecified atom stereocenters. The van der Waals surface area contributed by atoms with Gasteiger partial charge in [0.05, 0.1) is 43.9 Å². The lowest BCUT2D eigenvalue weighted by atomic mass is 9.34. The third kappa shape index (κ3) is 13.5. The maximum absolute atomic E-state index is 9.36. The fourth-order valence-corrected chi connectivity index (χ4v) is 16.6. The van der Waals surface area contributed by atoms with Gasteiger partial charge in [0.25, 0.3) is 26.9 Å². The first kappa shape index (κ1) is 47.4. The second-order valence-electron chi connectivity index (χ2n) is 33.8. The highest BCUT2D eigenvalue weighted by Gasteiger charge is 2.46. The number of benzene rings is 16. The van der Waals surface area contributed by atoms with E-state index in [-0.39, 0.29) is 159 Å². The SMILES string of the molecule is [2H]c1c([2H])c(C(C)(C)C)c([2H])c2c1Oc1c([2H])c(C(C)(C)C)c([2H])c3c1B2c1c([2H])c(C(C)(C)C)c([2H])c([2H])c1O3.[2H]c1c([2H])c([2H])c(-c2c([2H])c([2H])c([2H])c3c2Oc2c([2H])c([2H])c([2H])c4c2B3c2c([2H])c([2H])c([2H])c(-c3c([2H])c([2H])c([2H])c([2H])c3[2H])c2O4)c([2H])c1[2H].[2H]c1c([2H])c2c3c(c1[2H])Oc1cc(-c4ccccc4C)ccc1B3c1ccc(-c3ccccc3C)cc1O2.[2H]c1c2c3c(c([2H])c1C([2H])([2H])[2H])Oc1ccccc1B3c1ccccc1O2. The standard InChI is InChI=1S/C32H23BO2.C30H19BO2.C30H35BO2.C19H13BO2/c1-20-8-3-5-10-24(20)22-14-16-26-30(18-22)34-28-12-7-13-29-32(28)33(26)27-17-15-23(19-31(27)35-29)25-11-6-4-9-21(25)2;1-3-10-20(11-4-1)22-14-7-16-24-29(22)32-26-18-9-19-27-28(26)31(24)25-17-8-15-23(30(25)33-27)21-12-5-2-6-13-21;1-28(2,3)18-10-12-23-21(14-18)31-22-15-19(29(4,5)6)11-13-24(22)33-26-17-20(30(7,8)9)16-25(32-23)27(26)31;1-12-10-17-19-18(11-12)22-16-9-5-3-7-14(16)20(19)13-6-2-4-8-15(13)21-17/h3-19H,1-2H3;1-19H;10-17H,1-9H3;2-11H,1H3/i7D,12D,13D;1D,2D,3D,4D,5D,6D,7D,8D,9D,10D,11D,12D,13D,14D,15D,16D,17D,18D,19D;10D,11D,12D,13D,14D,15D,16D,17D;1D3,10D,11D. The van der Waals surface area contributed by atoms with Crippen molar-refractivity contribution < 1.29 is 85.9 Å². The van der Waals surface area contributed by atoms with Gasteiger partial charge in [0, 0.05) is 37.1 Å². The molecule has 0 aliphatic carbocycles. The van der Waals surface area contributed by atoms with Gasteiger partial charge in [-0.1, -0.05) is 304 Å². The third-order valence-corrected chi connectivity index (χ3v) is 22.7. The molecule has 0 atom stereocenters. The van der Waals surface area contributed by atoms with Crippen molar-refractivity contribution in [1.29, 1.82) is 0 Å². The summed E-state index contributed by atoms with van der Waals surface area (Å²) in [5.41, 5.74) is 7.76. The summed E-state index contributed by atoms with van der Waals surface area (Å²) in [4.78, 5) is 0. The van der Waals surface area contributed by atoms with Crippen LogP contribution in [0.15, 0.2) is 327 Å². The molecule has 8 heterocycles. The van der Waals surface area contributed by atoms with Crippen LogP contribution in [-0.4, -0.2) is 26.9 Å². The Hall–Kier alpha value is -13.8. The summed E-state index contributed by atoms with van der Waals surface area (Å²) in [6.07, 6.45) is 0. The van der Waals surface area contributed by atoms with E-state index in [0.29, 0.717) is 67.6 Å². The van der Waals surface area contributed by atoms with Gasteiger partial charge < -0.3 is 37.9 Å². The number of hydrogen-bond donors (Lipinski definition) is 0. The van der Waals surface area contributed by atoms with Crippen LogP contribution in [0.2, 0.25) is 0 Å². The van der Waals surface area contributed by atoms with Crippen LogP contribution in [0.25, 0.3) is 44.5 Å². The van der Waals surface area contributed by atoms with Crippen molar-refractivity contribution in [3.8, 4) is 136 Å². The molecule has 0 spiro atoms. The lowest BCUT2D eigenvalue weighted by molar-refractivity contribution is 0.457. The number of fused-ring (bicyclic) bond motifs is 16. The number of rotatable bonds is 4. The van der Waals surface area contributed by atoms with E-state index in [0.717, 1.165) is 44.1 Å². The first-order valence-electron chi connectivity index (χ1n) is 57.5. The van der Waals surface area contributed by atoms with E-state index in [9.17, 15) is 2.74 Å². The van der Waals surface area contributed by atoms with Crippen LogP contribution >= 0.6 is 0 Å². The van der Waals surface area contributed by atoms with E-state index in [4.69, 9.17) is 83.1 Å². The van der Waals surface area contributed by atoms with Crippen LogP contribution in [0.3, 0.4) is 0 Å². The first-order chi connectivity index (χ1) is 74.2. The highest BCUT2D eigenvalue weighted by atomic mass is 16.5. The van der Waals surface area contributed by atoms with Crippen molar-refractivity contribution in [3.05, 3.63) is 360 Å². The predicted octanol–water partition coefficient (Wildman–Crippen LogP) is 21.1. The van der Waals surface area contributed by atoms with Gasteiger partial charge in [-0.3, -0.25) is 0 Å². The normalized spacial score (nSPS) is 17.4. The minimum absolute atomic E-state index is 0.0147. The van der Waals surface area contributed by atoms with Crippen molar-refractivity contribution in [1.82, 2.24) is 0 Å². The second-order valence-corrected chi connectivity index (χ2v) is 33.8. The average Bonchev–Trinajstić information content (AvgIpc) is 0.685. The molecule has 12 heteroatoms. The number of hydrogen-bond acceptors (Lipinski definition) is 8. The summed E-state index contributed by atoms with van der Waals surface area (Å²) >= 11 is 0. The number of ether oxygens (including phenoxy) is 8. The molecular formula is C111H90B4O8. The van der Waals surface area contributed by atoms with E-state index in [1.807, 2.05) is 135 Å². The molecule has 123 heavy (non-hydrogen) atoms. The van der Waals surface area contributed by atoms with Crippen LogP contribution in [-0.2, 0) is 16.2 Å². The molecule has 8 aliphatic rings. The monoisotopic (exact) mass is 1630 g/mol. The zero-order valence-electron chi connectivity index (χ0n) is 103. The maximum atomic E-state index is 9.36. The quantitative estimate of drug-likeness (QED) is 0.161. The zero-order valence-corrected chi connectivity index (χ0v) is 68.3. The third-order valence-electron chi connectivity index (χ3n) is 22.7. The summed E-state index contributed by atoms with van der Waals surface area (Å²) in [7, 11) is 0. The Bertz CT molecular complexity index is 8620. The molecule has 16 aromatic carbocycles. The van der Waals surface area contributed by atoms with Crippen LogP contribution in [0.5, 0.6) is 92.0 Å². The Morgan fingerprint density at radius 1 is 0.244 bits per heavy atom. The summed E-state index contributed by atoms with van der Waals surface area (Å²) in [5.74, 6) is 1.35. The minimum Gasteiger partial charge on any atom is -0.458 e. The van der Waals surface area contributed by atoms with Crippen LogP contribution in [0.4, 0.5) is 0 Å². The molecule has 8 nitrogen and oxygen atoms in total. The molecule has 0 saturated carbocycles. The Morgan fingerprint density at radius 3 is 1.02 bits per heavy atom. The molecule has 594 valence electrons. The van der Waals surface area contributed by atoms with E-state index >= 15 is 0 Å². The van der Waals surface area contributed by atoms with Crippen LogP contribution in [0, 0.1) is 20.7 Å². The van der Waals surface area contributed by atoms with E-state index in [2.05, 4.69) is 62.4 Å². The van der Waals surface area contributed by atoms with E-state index in [1.165, 1.54) is 11.1 Å². The smallest absolute Gasteiger partial charge is 0.260 e. The fraction of sp³-hybridized carbons (Fsp3) is 0.135. The van der Waals surface area contributed by atoms with Crippen molar-refractivity contribution >= 4 is 92.4 Å². The summed E-state index contributed by atoms with van der Waals surface area (Å²) in [6, 6.07) is 27.2. The fourth-order valence-electron chi connectivity index (χ4n) is 16.6. The molecule has 0 aromatic heterocycles. The van der Waals surface area contributed by atoms with E-state index < -0.39 is 197 Å². The summed E-state index contributed by atoms with van der Waals surface area (Å²) in [5, 5.41) is 0. The molecule has 8 aliphatic heterocycles. The first-order valence-corrected chi connectivity index (χ1v) is 40.0. The van der Waals surface area contributed by atoms with Gasteiger partial charge in [-0.25, -0.2) is 0 Å². The van der Waals surface area contributed by atoms with Gasteiger partial charge in [0.2, 0.25) is 0 Å². The summed E-state index contributed by atoms with van der Waals surface area (Å²) < 4.78 is 351. The van der Waals surface area contributed by atoms with Gasteiger partial charge in [0.1, 0.15) is 92.0 Å². The van der Waals surface area contributed by atoms with Crippen molar-refractivity contribution in [2.45, 2.75) is 99.3 Å². The molecule has 0 saturated heterocycles. The molecule has 16 aromatic rings. The molecule has 0 radical (unpaired) electrons. The Labute approximate surface area is 771 Å². The van der Waals surface area contributed by atoms with Crippen LogP contribution < -0.4 is 103 Å². The number of para-hydroxylation sites is 4. The molecule has 0 N–H and O–H groups in total. The zero-order chi connectivity index (χ0) is 114. The van der Waals surface area contributed by atoms with Crippen molar-refractivity contribution in [3.63, 3.8) is 0 Å². The van der Waals surface area contributed by atoms with Crippen molar-refractivity contribution in [2.24, 2.45) is 0 Å². The molecular weight excluding hydrogens is 1500 g/mol. The lowest BCUT2D eigenvalue weighted by Crippen LogP contribution is -2.58. The van der Waals surface area contributed by atoms with Gasteiger partial charge in [-0.05, 0) is 232 Å². The summed E-state index contributed by atoms with van der Waals surface area (Å²) in [6.45, 7) is 15.2. The lowest BCUT2D eigenvalue weighted by Gasteiger charge is -2.36. The second kappa shape index (κ2) is 29.8. The molecule has 0 amide bonds. The molecule has 0 bridgehead atoms. The van der Waals surface area contributed by atoms with Crippen LogP contribution in [0.1, 0.15) is 144 Å². The predicted molar refractivity (Wildman–Crippen MR) is 509 cm³/mol. The van der Waals surface area contributed by atoms with Crippen molar-refractivity contribution in [2.75, 3.05) is 0 Å².